The Morgan fingerprint density at radius 2 is 1.79 bits per heavy atom. The Morgan fingerprint density at radius 1 is 1.16 bits per heavy atom. The third-order valence-electron chi connectivity index (χ3n) is 2.78. The zero-order valence-corrected chi connectivity index (χ0v) is 10.9. The van der Waals surface area contributed by atoms with Crippen molar-refractivity contribution in [1.29, 1.82) is 0 Å². The molecule has 3 N–H and O–H groups in total. The van der Waals surface area contributed by atoms with Crippen LogP contribution >= 0.6 is 0 Å². The molecule has 5 heteroatoms. The predicted molar refractivity (Wildman–Crippen MR) is 74.9 cm³/mol. The van der Waals surface area contributed by atoms with Gasteiger partial charge in [0, 0.05) is 18.1 Å². The number of carbonyl (C=O) groups is 1. The smallest absolute Gasteiger partial charge is 0.278 e. The van der Waals surface area contributed by atoms with E-state index in [0.29, 0.717) is 11.6 Å². The molecule has 1 amide bonds. The number of nitrogens with one attached hydrogen (secondary N) is 1. The molecule has 0 spiro atoms. The van der Waals surface area contributed by atoms with Crippen molar-refractivity contribution in [3.8, 4) is 0 Å². The SMILES string of the molecule is CC(C)c1ccc(NC(=O)c2nccnc2N)cc1. The summed E-state index contributed by atoms with van der Waals surface area (Å²) in [7, 11) is 0. The Kier molecular flexibility index (Phi) is 3.75. The van der Waals surface area contributed by atoms with Gasteiger partial charge in [-0.1, -0.05) is 26.0 Å². The summed E-state index contributed by atoms with van der Waals surface area (Å²) >= 11 is 0. The van der Waals surface area contributed by atoms with Crippen molar-refractivity contribution >= 4 is 17.4 Å². The van der Waals surface area contributed by atoms with Crippen molar-refractivity contribution in [1.82, 2.24) is 9.97 Å². The summed E-state index contributed by atoms with van der Waals surface area (Å²) in [4.78, 5) is 19.7. The predicted octanol–water partition coefficient (Wildman–Crippen LogP) is 2.43. The summed E-state index contributed by atoms with van der Waals surface area (Å²) in [6.07, 6.45) is 2.89. The molecule has 5 nitrogen and oxygen atoms in total. The van der Waals surface area contributed by atoms with Crippen LogP contribution in [0.5, 0.6) is 0 Å². The van der Waals surface area contributed by atoms with Gasteiger partial charge in [-0.2, -0.15) is 0 Å². The van der Waals surface area contributed by atoms with Crippen LogP contribution in [0.2, 0.25) is 0 Å². The van der Waals surface area contributed by atoms with Gasteiger partial charge in [-0.25, -0.2) is 9.97 Å². The highest BCUT2D eigenvalue weighted by Crippen LogP contribution is 2.17. The Bertz CT molecular complexity index is 578. The van der Waals surface area contributed by atoms with E-state index in [1.165, 1.54) is 18.0 Å². The monoisotopic (exact) mass is 256 g/mol. The molecule has 0 bridgehead atoms. The van der Waals surface area contributed by atoms with Crippen molar-refractivity contribution in [3.63, 3.8) is 0 Å². The van der Waals surface area contributed by atoms with Crippen molar-refractivity contribution in [2.75, 3.05) is 11.1 Å². The van der Waals surface area contributed by atoms with E-state index in [1.807, 2.05) is 24.3 Å². The van der Waals surface area contributed by atoms with Crippen LogP contribution in [-0.4, -0.2) is 15.9 Å². The maximum absolute atomic E-state index is 12.0. The molecule has 0 fully saturated rings. The molecule has 1 aromatic heterocycles. The fraction of sp³-hybridized carbons (Fsp3) is 0.214. The van der Waals surface area contributed by atoms with Crippen molar-refractivity contribution in [2.45, 2.75) is 19.8 Å². The lowest BCUT2D eigenvalue weighted by Crippen LogP contribution is -2.16. The Balaban J connectivity index is 2.13. The third kappa shape index (κ3) is 3.07. The van der Waals surface area contributed by atoms with Crippen LogP contribution in [0.25, 0.3) is 0 Å². The number of nitrogen functional groups attached to an aromatic ring is 1. The minimum absolute atomic E-state index is 0.124. The van der Waals surface area contributed by atoms with Gasteiger partial charge in [0.25, 0.3) is 5.91 Å². The second kappa shape index (κ2) is 5.48. The number of nitrogens with zero attached hydrogens (tertiary/aromatic N) is 2. The quantitative estimate of drug-likeness (QED) is 0.883. The number of nitrogens with two attached hydrogens (primary N) is 1. The Labute approximate surface area is 111 Å². The van der Waals surface area contributed by atoms with Crippen LogP contribution in [0.3, 0.4) is 0 Å². The number of carbonyl (C=O) groups excluding carboxylic acids is 1. The van der Waals surface area contributed by atoms with Crippen molar-refractivity contribution < 1.29 is 4.79 Å². The van der Waals surface area contributed by atoms with Gasteiger partial charge in [0.1, 0.15) is 0 Å². The zero-order chi connectivity index (χ0) is 13.8. The van der Waals surface area contributed by atoms with Crippen LogP contribution in [0, 0.1) is 0 Å². The van der Waals surface area contributed by atoms with Gasteiger partial charge in [-0.05, 0) is 23.6 Å². The van der Waals surface area contributed by atoms with Crippen LogP contribution in [-0.2, 0) is 0 Å². The van der Waals surface area contributed by atoms with Crippen LogP contribution < -0.4 is 11.1 Å². The number of rotatable bonds is 3. The fourth-order valence-electron chi connectivity index (χ4n) is 1.67. The van der Waals surface area contributed by atoms with Gasteiger partial charge in [0.05, 0.1) is 0 Å². The number of anilines is 2. The highest BCUT2D eigenvalue weighted by molar-refractivity contribution is 6.05. The number of amides is 1. The molecule has 1 aromatic carbocycles. The van der Waals surface area contributed by atoms with Gasteiger partial charge < -0.3 is 11.1 Å². The van der Waals surface area contributed by atoms with Gasteiger partial charge in [-0.3, -0.25) is 4.79 Å². The van der Waals surface area contributed by atoms with Crippen molar-refractivity contribution in [3.05, 3.63) is 47.9 Å². The number of benzene rings is 1. The second-order valence-corrected chi connectivity index (χ2v) is 4.52. The molecule has 0 aliphatic rings. The van der Waals surface area contributed by atoms with E-state index in [9.17, 15) is 4.79 Å². The minimum Gasteiger partial charge on any atom is -0.382 e. The first-order chi connectivity index (χ1) is 9.08. The highest BCUT2D eigenvalue weighted by atomic mass is 16.1. The summed E-state index contributed by atoms with van der Waals surface area (Å²) in [5.74, 6) is 0.224. The summed E-state index contributed by atoms with van der Waals surface area (Å²) in [6.45, 7) is 4.24. The first kappa shape index (κ1) is 13.0. The van der Waals surface area contributed by atoms with E-state index in [-0.39, 0.29) is 17.4 Å². The lowest BCUT2D eigenvalue weighted by molar-refractivity contribution is 0.102. The molecule has 0 radical (unpaired) electrons. The molecule has 0 aliphatic heterocycles. The van der Waals surface area contributed by atoms with Crippen LogP contribution in [0.15, 0.2) is 36.7 Å². The molecule has 1 heterocycles. The maximum atomic E-state index is 12.0. The van der Waals surface area contributed by atoms with E-state index >= 15 is 0 Å². The minimum atomic E-state index is -0.358. The lowest BCUT2D eigenvalue weighted by Gasteiger charge is -2.08. The molecular weight excluding hydrogens is 240 g/mol. The van der Waals surface area contributed by atoms with Gasteiger partial charge >= 0.3 is 0 Å². The topological polar surface area (TPSA) is 80.9 Å². The molecule has 0 unspecified atom stereocenters. The number of hydrogen-bond acceptors (Lipinski definition) is 4. The molecule has 0 saturated heterocycles. The van der Waals surface area contributed by atoms with Crippen molar-refractivity contribution in [2.24, 2.45) is 0 Å². The molecule has 0 aliphatic carbocycles. The summed E-state index contributed by atoms with van der Waals surface area (Å²) in [5, 5.41) is 2.74. The van der Waals surface area contributed by atoms with E-state index in [2.05, 4.69) is 29.1 Å². The summed E-state index contributed by atoms with van der Waals surface area (Å²) in [5.41, 5.74) is 7.67. The van der Waals surface area contributed by atoms with E-state index in [1.54, 1.807) is 0 Å². The summed E-state index contributed by atoms with van der Waals surface area (Å²) < 4.78 is 0. The van der Waals surface area contributed by atoms with Gasteiger partial charge in [0.15, 0.2) is 11.5 Å². The standard InChI is InChI=1S/C14H16N4O/c1-9(2)10-3-5-11(6-4-10)18-14(19)12-13(15)17-8-7-16-12/h3-9H,1-2H3,(H2,15,17)(H,18,19). The fourth-order valence-corrected chi connectivity index (χ4v) is 1.67. The number of aromatic nitrogens is 2. The Hall–Kier alpha value is -2.43. The molecule has 98 valence electrons. The first-order valence-corrected chi connectivity index (χ1v) is 6.05. The molecular formula is C14H16N4O. The first-order valence-electron chi connectivity index (χ1n) is 6.05. The second-order valence-electron chi connectivity index (χ2n) is 4.52. The molecule has 0 saturated carbocycles. The Morgan fingerprint density at radius 3 is 2.37 bits per heavy atom. The largest absolute Gasteiger partial charge is 0.382 e. The normalized spacial score (nSPS) is 10.5. The van der Waals surface area contributed by atoms with Crippen LogP contribution in [0.4, 0.5) is 11.5 Å². The van der Waals surface area contributed by atoms with Gasteiger partial charge in [-0.15, -0.1) is 0 Å². The van der Waals surface area contributed by atoms with Gasteiger partial charge in [0.2, 0.25) is 0 Å². The third-order valence-corrected chi connectivity index (χ3v) is 2.78. The molecule has 0 atom stereocenters. The van der Waals surface area contributed by atoms with Crippen LogP contribution in [0.1, 0.15) is 35.8 Å². The van der Waals surface area contributed by atoms with E-state index in [0.717, 1.165) is 0 Å². The average Bonchev–Trinajstić information content (AvgIpc) is 2.39. The van der Waals surface area contributed by atoms with E-state index < -0.39 is 0 Å². The molecule has 2 rings (SSSR count). The average molecular weight is 256 g/mol. The maximum Gasteiger partial charge on any atom is 0.278 e. The molecule has 2 aromatic rings. The zero-order valence-electron chi connectivity index (χ0n) is 10.9. The molecule has 19 heavy (non-hydrogen) atoms. The summed E-state index contributed by atoms with van der Waals surface area (Å²) in [6, 6.07) is 7.69. The number of hydrogen-bond donors (Lipinski definition) is 2. The lowest BCUT2D eigenvalue weighted by atomic mass is 10.0. The highest BCUT2D eigenvalue weighted by Gasteiger charge is 2.12. The van der Waals surface area contributed by atoms with E-state index in [4.69, 9.17) is 5.73 Å².